The van der Waals surface area contributed by atoms with Crippen LogP contribution in [-0.4, -0.2) is 51.3 Å². The van der Waals surface area contributed by atoms with Gasteiger partial charge in [-0.3, -0.25) is 4.90 Å². The molecule has 0 spiro atoms. The van der Waals surface area contributed by atoms with Gasteiger partial charge in [-0.15, -0.1) is 0 Å². The lowest BCUT2D eigenvalue weighted by molar-refractivity contribution is 0.0330. The number of nitrogens with zero attached hydrogens (tertiary/aromatic N) is 5. The van der Waals surface area contributed by atoms with Crippen LogP contribution in [-0.2, 0) is 17.0 Å². The summed E-state index contributed by atoms with van der Waals surface area (Å²) < 4.78 is 11.9. The summed E-state index contributed by atoms with van der Waals surface area (Å²) >= 11 is 5.07. The van der Waals surface area contributed by atoms with E-state index in [0.717, 1.165) is 64.6 Å². The molecule has 0 amide bonds. The third-order valence-corrected chi connectivity index (χ3v) is 6.44. The largest absolute Gasteiger partial charge is 0.379 e. The molecule has 2 aromatic carbocycles. The Balaban J connectivity index is 1.36. The van der Waals surface area contributed by atoms with Crippen molar-refractivity contribution < 1.29 is 9.26 Å². The molecular weight excluding hydrogens is 478 g/mol. The highest BCUT2D eigenvalue weighted by Crippen LogP contribution is 2.29. The van der Waals surface area contributed by atoms with Crippen molar-refractivity contribution in [3.8, 4) is 11.4 Å². The summed E-state index contributed by atoms with van der Waals surface area (Å²) in [6, 6.07) is 15.9. The number of morpholine rings is 1. The topological polar surface area (TPSA) is 77.2 Å². The Morgan fingerprint density at radius 3 is 2.74 bits per heavy atom. The van der Waals surface area contributed by atoms with Gasteiger partial charge in [0.1, 0.15) is 10.9 Å². The zero-order chi connectivity index (χ0) is 21.0. The first-order chi connectivity index (χ1) is 15.2. The quantitative estimate of drug-likeness (QED) is 0.283. The monoisotopic (exact) mass is 497 g/mol. The molecule has 0 saturated carbocycles. The molecule has 0 N–H and O–H groups in total. The predicted octanol–water partition coefficient (Wildman–Crippen LogP) is 4.57. The van der Waals surface area contributed by atoms with Crippen molar-refractivity contribution >= 4 is 38.6 Å². The van der Waals surface area contributed by atoms with Gasteiger partial charge < -0.3 is 9.26 Å². The van der Waals surface area contributed by atoms with Crippen LogP contribution in [0.4, 0.5) is 0 Å². The maximum atomic E-state index is 5.48. The molecule has 158 valence electrons. The van der Waals surface area contributed by atoms with Crippen LogP contribution >= 0.6 is 27.7 Å². The Bertz CT molecular complexity index is 1200. The van der Waals surface area contributed by atoms with E-state index in [9.17, 15) is 0 Å². The highest BCUT2D eigenvalue weighted by atomic mass is 79.9. The van der Waals surface area contributed by atoms with E-state index in [-0.39, 0.29) is 0 Å². The highest BCUT2D eigenvalue weighted by molar-refractivity contribution is 9.10. The molecule has 0 unspecified atom stereocenters. The molecule has 1 saturated heterocycles. The number of para-hydroxylation sites is 1. The SMILES string of the molecule is Brc1cccc(-c2noc(CSc3nc(CN4CCOCC4)nc4ccccc34)n2)c1. The van der Waals surface area contributed by atoms with Crippen molar-refractivity contribution in [1.29, 1.82) is 0 Å². The first kappa shape index (κ1) is 20.6. The molecule has 0 atom stereocenters. The Morgan fingerprint density at radius 1 is 1.00 bits per heavy atom. The van der Waals surface area contributed by atoms with Crippen molar-refractivity contribution in [1.82, 2.24) is 25.0 Å². The zero-order valence-electron chi connectivity index (χ0n) is 16.7. The molecule has 0 bridgehead atoms. The van der Waals surface area contributed by atoms with Crippen molar-refractivity contribution in [2.45, 2.75) is 17.3 Å². The van der Waals surface area contributed by atoms with Gasteiger partial charge in [0.05, 0.1) is 31.0 Å². The van der Waals surface area contributed by atoms with Crippen molar-refractivity contribution in [3.05, 3.63) is 64.7 Å². The molecule has 3 heterocycles. The number of hydrogen-bond donors (Lipinski definition) is 0. The molecule has 31 heavy (non-hydrogen) atoms. The number of thioether (sulfide) groups is 1. The van der Waals surface area contributed by atoms with Crippen LogP contribution in [0.5, 0.6) is 0 Å². The molecule has 9 heteroatoms. The van der Waals surface area contributed by atoms with Gasteiger partial charge in [0.2, 0.25) is 11.7 Å². The Kier molecular flexibility index (Phi) is 6.26. The fourth-order valence-electron chi connectivity index (χ4n) is 3.42. The van der Waals surface area contributed by atoms with Gasteiger partial charge in [0.15, 0.2) is 0 Å². The normalized spacial score (nSPS) is 14.9. The molecule has 2 aromatic heterocycles. The van der Waals surface area contributed by atoms with E-state index in [1.54, 1.807) is 11.8 Å². The molecule has 4 aromatic rings. The van der Waals surface area contributed by atoms with Gasteiger partial charge in [0.25, 0.3) is 0 Å². The van der Waals surface area contributed by atoms with Gasteiger partial charge in [0, 0.05) is 28.5 Å². The summed E-state index contributed by atoms with van der Waals surface area (Å²) in [5, 5.41) is 6.08. The van der Waals surface area contributed by atoms with E-state index < -0.39 is 0 Å². The maximum absolute atomic E-state index is 5.48. The van der Waals surface area contributed by atoms with Gasteiger partial charge >= 0.3 is 0 Å². The van der Waals surface area contributed by atoms with Gasteiger partial charge in [-0.05, 0) is 18.2 Å². The lowest BCUT2D eigenvalue weighted by Gasteiger charge is -2.25. The molecular formula is C22H20BrN5O2S. The van der Waals surface area contributed by atoms with Crippen LogP contribution in [0.1, 0.15) is 11.7 Å². The van der Waals surface area contributed by atoms with Crippen LogP contribution in [0.3, 0.4) is 0 Å². The van der Waals surface area contributed by atoms with Crippen LogP contribution in [0.2, 0.25) is 0 Å². The summed E-state index contributed by atoms with van der Waals surface area (Å²) in [7, 11) is 0. The summed E-state index contributed by atoms with van der Waals surface area (Å²) in [6.07, 6.45) is 0. The smallest absolute Gasteiger partial charge is 0.237 e. The lowest BCUT2D eigenvalue weighted by atomic mass is 10.2. The molecule has 1 fully saturated rings. The third kappa shape index (κ3) is 4.95. The molecule has 1 aliphatic rings. The lowest BCUT2D eigenvalue weighted by Crippen LogP contribution is -2.36. The maximum Gasteiger partial charge on any atom is 0.237 e. The minimum atomic E-state index is 0.541. The van der Waals surface area contributed by atoms with Crippen LogP contribution in [0.25, 0.3) is 22.3 Å². The minimum absolute atomic E-state index is 0.541. The third-order valence-electron chi connectivity index (χ3n) is 4.97. The number of rotatable bonds is 6. The fourth-order valence-corrected chi connectivity index (χ4v) is 4.70. The Morgan fingerprint density at radius 2 is 1.87 bits per heavy atom. The van der Waals surface area contributed by atoms with Crippen LogP contribution in [0.15, 0.2) is 62.6 Å². The number of ether oxygens (including phenoxy) is 1. The number of hydrogen-bond acceptors (Lipinski definition) is 8. The molecule has 5 rings (SSSR count). The molecule has 1 aliphatic heterocycles. The second kappa shape index (κ2) is 9.44. The van der Waals surface area contributed by atoms with Crippen LogP contribution < -0.4 is 0 Å². The number of halogens is 1. The van der Waals surface area contributed by atoms with Crippen molar-refractivity contribution in [3.63, 3.8) is 0 Å². The minimum Gasteiger partial charge on any atom is -0.379 e. The van der Waals surface area contributed by atoms with Crippen molar-refractivity contribution in [2.75, 3.05) is 26.3 Å². The van der Waals surface area contributed by atoms with Gasteiger partial charge in [-0.1, -0.05) is 63.2 Å². The van der Waals surface area contributed by atoms with E-state index in [0.29, 0.717) is 17.5 Å². The average Bonchev–Trinajstić information content (AvgIpc) is 3.27. The predicted molar refractivity (Wildman–Crippen MR) is 123 cm³/mol. The molecule has 0 aliphatic carbocycles. The molecule has 7 nitrogen and oxygen atoms in total. The van der Waals surface area contributed by atoms with E-state index in [2.05, 4.69) is 37.0 Å². The number of fused-ring (bicyclic) bond motifs is 1. The summed E-state index contributed by atoms with van der Waals surface area (Å²) in [4.78, 5) is 16.5. The van der Waals surface area contributed by atoms with Gasteiger partial charge in [-0.25, -0.2) is 9.97 Å². The number of aromatic nitrogens is 4. The first-order valence-corrected chi connectivity index (χ1v) is 11.8. The fraction of sp³-hybridized carbons (Fsp3) is 0.273. The van der Waals surface area contributed by atoms with E-state index in [1.165, 1.54) is 0 Å². The first-order valence-electron chi connectivity index (χ1n) is 10.0. The average molecular weight is 498 g/mol. The Hall–Kier alpha value is -2.33. The van der Waals surface area contributed by atoms with Gasteiger partial charge in [-0.2, -0.15) is 4.98 Å². The van der Waals surface area contributed by atoms with Crippen molar-refractivity contribution in [2.24, 2.45) is 0 Å². The summed E-state index contributed by atoms with van der Waals surface area (Å²) in [5.41, 5.74) is 1.86. The second-order valence-electron chi connectivity index (χ2n) is 7.16. The van der Waals surface area contributed by atoms with E-state index in [1.807, 2.05) is 42.5 Å². The zero-order valence-corrected chi connectivity index (χ0v) is 19.1. The highest BCUT2D eigenvalue weighted by Gasteiger charge is 2.16. The number of benzene rings is 2. The van der Waals surface area contributed by atoms with E-state index >= 15 is 0 Å². The summed E-state index contributed by atoms with van der Waals surface area (Å²) in [6.45, 7) is 4.03. The Labute approximate surface area is 192 Å². The standard InChI is InChI=1S/C22H20BrN5O2S/c23-16-5-3-4-15(12-16)21-26-20(30-27-21)14-31-22-17-6-1-2-7-18(17)24-19(25-22)13-28-8-10-29-11-9-28/h1-7,12H,8-11,13-14H2. The van der Waals surface area contributed by atoms with Crippen LogP contribution in [0, 0.1) is 0 Å². The second-order valence-corrected chi connectivity index (χ2v) is 9.04. The summed E-state index contributed by atoms with van der Waals surface area (Å²) in [5.74, 6) is 2.51. The van der Waals surface area contributed by atoms with E-state index in [4.69, 9.17) is 19.2 Å². The molecule has 0 radical (unpaired) electrons.